The third-order valence-electron chi connectivity index (χ3n) is 3.80. The Morgan fingerprint density at radius 1 is 1.44 bits per heavy atom. The first-order chi connectivity index (χ1) is 11.9. The largest absolute Gasteiger partial charge is 0.473 e. The molecule has 0 radical (unpaired) electrons. The molecule has 1 aliphatic rings. The Kier molecular flexibility index (Phi) is 5.19. The van der Waals surface area contributed by atoms with Gasteiger partial charge in [-0.25, -0.2) is 13.8 Å². The van der Waals surface area contributed by atoms with Crippen molar-refractivity contribution in [2.45, 2.75) is 31.4 Å². The maximum atomic E-state index is 12.9. The van der Waals surface area contributed by atoms with Crippen LogP contribution in [0.4, 0.5) is 8.78 Å². The molecule has 0 aromatic carbocycles. The van der Waals surface area contributed by atoms with Crippen molar-refractivity contribution in [2.24, 2.45) is 0 Å². The fourth-order valence-corrected chi connectivity index (χ4v) is 2.67. The van der Waals surface area contributed by atoms with Crippen LogP contribution in [0, 0.1) is 0 Å². The van der Waals surface area contributed by atoms with Crippen molar-refractivity contribution >= 4 is 33.4 Å². The fraction of sp³-hybridized carbons (Fsp3) is 0.312. The van der Waals surface area contributed by atoms with E-state index in [0.29, 0.717) is 16.0 Å². The van der Waals surface area contributed by atoms with Crippen molar-refractivity contribution in [1.82, 2.24) is 15.3 Å². The molecule has 1 aliphatic carbocycles. The van der Waals surface area contributed by atoms with Gasteiger partial charge >= 0.3 is 0 Å². The number of nitrogens with one attached hydrogen (secondary N) is 1. The summed E-state index contributed by atoms with van der Waals surface area (Å²) in [6, 6.07) is 6.57. The summed E-state index contributed by atoms with van der Waals surface area (Å²) in [7, 11) is 0. The van der Waals surface area contributed by atoms with Crippen LogP contribution in [0.15, 0.2) is 35.1 Å². The second-order valence-electron chi connectivity index (χ2n) is 5.66. The zero-order valence-corrected chi connectivity index (χ0v) is 15.2. The molecule has 9 heteroatoms. The molecule has 0 aliphatic heterocycles. The number of carbonyl (C=O) groups excluding carboxylic acids is 1. The van der Waals surface area contributed by atoms with Gasteiger partial charge in [0.1, 0.15) is 22.4 Å². The van der Waals surface area contributed by atoms with E-state index in [4.69, 9.17) is 16.3 Å². The number of carbonyl (C=O) groups is 1. The van der Waals surface area contributed by atoms with Gasteiger partial charge in [0.15, 0.2) is 0 Å². The Labute approximate surface area is 155 Å². The van der Waals surface area contributed by atoms with E-state index >= 15 is 0 Å². The monoisotopic (exact) mass is 431 g/mol. The van der Waals surface area contributed by atoms with Gasteiger partial charge in [-0.05, 0) is 40.9 Å². The fourth-order valence-electron chi connectivity index (χ4n) is 2.13. The van der Waals surface area contributed by atoms with Gasteiger partial charge in [-0.3, -0.25) is 9.78 Å². The first-order valence-corrected chi connectivity index (χ1v) is 8.57. The maximum Gasteiger partial charge on any atom is 0.270 e. The lowest BCUT2D eigenvalue weighted by Gasteiger charge is -2.16. The summed E-state index contributed by atoms with van der Waals surface area (Å²) >= 11 is 9.38. The Balaban J connectivity index is 1.65. The van der Waals surface area contributed by atoms with Crippen molar-refractivity contribution in [3.8, 4) is 5.88 Å². The average molecular weight is 433 g/mol. The smallest absolute Gasteiger partial charge is 0.270 e. The number of hydrogen-bond donors (Lipinski definition) is 1. The summed E-state index contributed by atoms with van der Waals surface area (Å²) < 4.78 is 31.9. The molecule has 2 heterocycles. The van der Waals surface area contributed by atoms with Crippen LogP contribution in [0.25, 0.3) is 0 Å². The summed E-state index contributed by atoms with van der Waals surface area (Å²) in [6.45, 7) is 0.109. The zero-order valence-electron chi connectivity index (χ0n) is 12.8. The maximum absolute atomic E-state index is 12.9. The van der Waals surface area contributed by atoms with Crippen molar-refractivity contribution in [1.29, 1.82) is 0 Å². The number of amides is 1. The van der Waals surface area contributed by atoms with E-state index < -0.39 is 17.9 Å². The molecule has 3 rings (SSSR count). The highest BCUT2D eigenvalue weighted by molar-refractivity contribution is 9.10. The standard InChI is InChI=1S/C16H13BrClF2N3O2/c17-12-2-1-3-13(22-12)25-8-9-7-21-11(6-10(9)18)14(24)23-16(4-5-16)15(19)20/h1-3,6-7,15H,4-5,8H2,(H,23,24). The van der Waals surface area contributed by atoms with Crippen LogP contribution >= 0.6 is 27.5 Å². The third kappa shape index (κ3) is 4.24. The Hall–Kier alpha value is -1.80. The van der Waals surface area contributed by atoms with Gasteiger partial charge in [0.2, 0.25) is 5.88 Å². The van der Waals surface area contributed by atoms with Crippen LogP contribution in [0.2, 0.25) is 5.02 Å². The molecule has 5 nitrogen and oxygen atoms in total. The molecule has 0 atom stereocenters. The van der Waals surface area contributed by atoms with Crippen molar-refractivity contribution in [2.75, 3.05) is 0 Å². The molecular formula is C16H13BrClF2N3O2. The molecule has 25 heavy (non-hydrogen) atoms. The third-order valence-corrected chi connectivity index (χ3v) is 4.59. The molecule has 0 bridgehead atoms. The summed E-state index contributed by atoms with van der Waals surface area (Å²) in [6.07, 6.45) is -0.694. The number of aromatic nitrogens is 2. The number of ether oxygens (including phenoxy) is 1. The number of nitrogens with zero attached hydrogens (tertiary/aromatic N) is 2. The van der Waals surface area contributed by atoms with Gasteiger partial charge in [-0.2, -0.15) is 0 Å². The second kappa shape index (κ2) is 7.21. The van der Waals surface area contributed by atoms with Crippen molar-refractivity contribution in [3.63, 3.8) is 0 Å². The quantitative estimate of drug-likeness (QED) is 0.701. The van der Waals surface area contributed by atoms with Crippen LogP contribution in [0.5, 0.6) is 5.88 Å². The molecule has 0 unspecified atom stereocenters. The molecule has 1 saturated carbocycles. The van der Waals surface area contributed by atoms with E-state index in [1.807, 2.05) is 0 Å². The number of pyridine rings is 2. The molecule has 2 aromatic rings. The summed E-state index contributed by atoms with van der Waals surface area (Å²) in [5, 5.41) is 2.60. The first kappa shape index (κ1) is 18.0. The van der Waals surface area contributed by atoms with Crippen molar-refractivity contribution in [3.05, 3.63) is 51.3 Å². The van der Waals surface area contributed by atoms with Gasteiger partial charge in [-0.1, -0.05) is 17.7 Å². The summed E-state index contributed by atoms with van der Waals surface area (Å²) in [5.74, 6) is -0.263. The van der Waals surface area contributed by atoms with E-state index in [0.717, 1.165) is 0 Å². The van der Waals surface area contributed by atoms with Gasteiger partial charge < -0.3 is 10.1 Å². The Morgan fingerprint density at radius 2 is 2.20 bits per heavy atom. The van der Waals surface area contributed by atoms with E-state index in [1.54, 1.807) is 18.2 Å². The lowest BCUT2D eigenvalue weighted by molar-refractivity contribution is 0.0676. The minimum absolute atomic E-state index is 0.0127. The van der Waals surface area contributed by atoms with E-state index in [1.165, 1.54) is 12.3 Å². The van der Waals surface area contributed by atoms with Gasteiger partial charge in [0, 0.05) is 17.8 Å². The highest BCUT2D eigenvalue weighted by Crippen LogP contribution is 2.41. The van der Waals surface area contributed by atoms with E-state index in [2.05, 4.69) is 31.2 Å². The highest BCUT2D eigenvalue weighted by atomic mass is 79.9. The Morgan fingerprint density at radius 3 is 2.80 bits per heavy atom. The lowest BCUT2D eigenvalue weighted by Crippen LogP contribution is -2.42. The summed E-state index contributed by atoms with van der Waals surface area (Å²) in [4.78, 5) is 20.2. The molecule has 2 aromatic heterocycles. The van der Waals surface area contributed by atoms with Crippen molar-refractivity contribution < 1.29 is 18.3 Å². The first-order valence-electron chi connectivity index (χ1n) is 7.40. The van der Waals surface area contributed by atoms with Crippen LogP contribution in [0.3, 0.4) is 0 Å². The van der Waals surface area contributed by atoms with Crippen LogP contribution in [0.1, 0.15) is 28.9 Å². The zero-order chi connectivity index (χ0) is 18.0. The molecule has 1 amide bonds. The second-order valence-corrected chi connectivity index (χ2v) is 6.88. The number of hydrogen-bond acceptors (Lipinski definition) is 4. The predicted molar refractivity (Wildman–Crippen MR) is 91.0 cm³/mol. The normalized spacial score (nSPS) is 15.1. The molecule has 132 valence electrons. The SMILES string of the molecule is O=C(NC1(C(F)F)CC1)c1cc(Cl)c(COc2cccc(Br)n2)cn1. The van der Waals surface area contributed by atoms with Crippen LogP contribution in [-0.2, 0) is 6.61 Å². The van der Waals surface area contributed by atoms with Crippen LogP contribution < -0.4 is 10.1 Å². The number of alkyl halides is 2. The average Bonchev–Trinajstić information content (AvgIpc) is 3.34. The van der Waals surface area contributed by atoms with E-state index in [-0.39, 0.29) is 30.2 Å². The predicted octanol–water partition coefficient (Wildman–Crippen LogP) is 4.00. The van der Waals surface area contributed by atoms with E-state index in [9.17, 15) is 13.6 Å². The van der Waals surface area contributed by atoms with Crippen LogP contribution in [-0.4, -0.2) is 27.8 Å². The topological polar surface area (TPSA) is 64.1 Å². The lowest BCUT2D eigenvalue weighted by atomic mass is 10.2. The number of rotatable bonds is 6. The molecular weight excluding hydrogens is 420 g/mol. The minimum Gasteiger partial charge on any atom is -0.473 e. The Bertz CT molecular complexity index is 803. The van der Waals surface area contributed by atoms with Gasteiger partial charge in [0.25, 0.3) is 12.3 Å². The molecule has 1 fully saturated rings. The molecule has 0 saturated heterocycles. The van der Waals surface area contributed by atoms with Gasteiger partial charge in [0.05, 0.1) is 5.02 Å². The van der Waals surface area contributed by atoms with Gasteiger partial charge in [-0.15, -0.1) is 0 Å². The highest BCUT2D eigenvalue weighted by Gasteiger charge is 2.52. The minimum atomic E-state index is -2.60. The molecule has 1 N–H and O–H groups in total. The number of halogens is 4. The molecule has 0 spiro atoms. The summed E-state index contributed by atoms with van der Waals surface area (Å²) in [5.41, 5.74) is -0.879.